The van der Waals surface area contributed by atoms with Gasteiger partial charge in [0.05, 0.1) is 27.5 Å². The van der Waals surface area contributed by atoms with Gasteiger partial charge in [-0.1, -0.05) is 70.0 Å². The van der Waals surface area contributed by atoms with Crippen molar-refractivity contribution in [2.45, 2.75) is 0 Å². The summed E-state index contributed by atoms with van der Waals surface area (Å²) in [7, 11) is 0. The van der Waals surface area contributed by atoms with Crippen LogP contribution in [0.5, 0.6) is 5.75 Å². The number of aromatic amines is 1. The van der Waals surface area contributed by atoms with Crippen LogP contribution in [-0.2, 0) is 0 Å². The average molecular weight is 642 g/mol. The van der Waals surface area contributed by atoms with E-state index in [1.54, 1.807) is 24.3 Å². The number of furan rings is 1. The summed E-state index contributed by atoms with van der Waals surface area (Å²) in [5, 5.41) is 5.44. The molecule has 2 aromatic heterocycles. The van der Waals surface area contributed by atoms with Crippen LogP contribution >= 0.6 is 43.5 Å². The molecule has 2 N–H and O–H groups in total. The van der Waals surface area contributed by atoms with Gasteiger partial charge in [0.2, 0.25) is 5.76 Å². The number of aromatic nitrogens is 1. The average Bonchev–Trinajstić information content (AvgIpc) is 3.56. The summed E-state index contributed by atoms with van der Waals surface area (Å²) < 4.78 is 11.8. The van der Waals surface area contributed by atoms with Crippen LogP contribution < -0.4 is 10.2 Å². The molecule has 0 aliphatic heterocycles. The molecule has 0 saturated carbocycles. The van der Waals surface area contributed by atoms with E-state index >= 15 is 0 Å². The lowest BCUT2D eigenvalue weighted by Crippen LogP contribution is -2.19. The number of benzene rings is 3. The number of para-hydroxylation sites is 1. The largest absolute Gasteiger partial charge is 0.457 e. The highest BCUT2D eigenvalue weighted by Crippen LogP contribution is 2.36. The lowest BCUT2D eigenvalue weighted by Gasteiger charge is -2.09. The predicted molar refractivity (Wildman–Crippen MR) is 149 cm³/mol. The minimum atomic E-state index is -0.672. The number of H-pyrrole nitrogens is 1. The van der Waals surface area contributed by atoms with Gasteiger partial charge in [-0.25, -0.2) is 10.2 Å². The van der Waals surface area contributed by atoms with E-state index in [0.717, 1.165) is 10.9 Å². The summed E-state index contributed by atoms with van der Waals surface area (Å²) in [5.41, 5.74) is 5.52. The van der Waals surface area contributed by atoms with Crippen molar-refractivity contribution in [2.75, 3.05) is 0 Å². The molecule has 0 saturated heterocycles. The maximum atomic E-state index is 13.2. The molecule has 0 fully saturated rings. The monoisotopic (exact) mass is 639 g/mol. The number of hydrogen-bond acceptors (Lipinski definition) is 5. The maximum Gasteiger partial charge on any atom is 0.379 e. The molecule has 1 amide bonds. The van der Waals surface area contributed by atoms with Gasteiger partial charge in [-0.15, -0.1) is 0 Å². The zero-order valence-corrected chi connectivity index (χ0v) is 22.7. The fourth-order valence-electron chi connectivity index (χ4n) is 3.79. The van der Waals surface area contributed by atoms with Crippen molar-refractivity contribution in [2.24, 2.45) is 5.10 Å². The van der Waals surface area contributed by atoms with Crippen molar-refractivity contribution in [1.29, 1.82) is 0 Å². The molecule has 5 rings (SSSR count). The molecule has 0 radical (unpaired) electrons. The van der Waals surface area contributed by atoms with Gasteiger partial charge in [0, 0.05) is 21.0 Å². The molecule has 0 atom stereocenters. The van der Waals surface area contributed by atoms with Gasteiger partial charge >= 0.3 is 5.97 Å². The minimum absolute atomic E-state index is 0.0527. The third-order valence-electron chi connectivity index (χ3n) is 5.40. The van der Waals surface area contributed by atoms with Crippen LogP contribution in [0, 0.1) is 0 Å². The number of esters is 1. The summed E-state index contributed by atoms with van der Waals surface area (Å²) in [6, 6.07) is 21.5. The predicted octanol–water partition coefficient (Wildman–Crippen LogP) is 7.59. The zero-order valence-electron chi connectivity index (χ0n) is 18.8. The Balaban J connectivity index is 1.45. The van der Waals surface area contributed by atoms with Crippen LogP contribution in [0.3, 0.4) is 0 Å². The van der Waals surface area contributed by atoms with Gasteiger partial charge in [0.25, 0.3) is 5.91 Å². The van der Waals surface area contributed by atoms with E-state index in [9.17, 15) is 9.59 Å². The van der Waals surface area contributed by atoms with Crippen LogP contribution in [0.1, 0.15) is 26.6 Å². The standard InChI is InChI=1S/C27H16Br2ClN3O4/c28-17-12-16(25(19(29)13-17)37-27(35)21-10-5-11-36-21)14-31-33-26(34)24-22(15-6-2-1-3-7-15)18-8-4-9-20(30)23(18)32-24/h1-14,32H,(H,33,34). The van der Waals surface area contributed by atoms with Gasteiger partial charge < -0.3 is 14.1 Å². The quantitative estimate of drug-likeness (QED) is 0.0865. The Morgan fingerprint density at radius 3 is 2.59 bits per heavy atom. The molecule has 5 aromatic rings. The Kier molecular flexibility index (Phi) is 7.27. The second-order valence-corrected chi connectivity index (χ2v) is 9.95. The van der Waals surface area contributed by atoms with Gasteiger partial charge in [0.15, 0.2) is 5.75 Å². The zero-order chi connectivity index (χ0) is 25.9. The fraction of sp³-hybridized carbons (Fsp3) is 0. The van der Waals surface area contributed by atoms with E-state index in [1.165, 1.54) is 18.5 Å². The molecule has 0 unspecified atom stereocenters. The Bertz CT molecular complexity index is 1650. The number of hydrazone groups is 1. The lowest BCUT2D eigenvalue weighted by atomic mass is 10.0. The molecular formula is C27H16Br2ClN3O4. The molecule has 184 valence electrons. The van der Waals surface area contributed by atoms with Crippen LogP contribution in [0.4, 0.5) is 0 Å². The third-order valence-corrected chi connectivity index (χ3v) is 6.76. The molecule has 0 aliphatic carbocycles. The number of nitrogens with zero attached hydrogens (tertiary/aromatic N) is 1. The molecule has 0 spiro atoms. The van der Waals surface area contributed by atoms with E-state index in [2.05, 4.69) is 47.4 Å². The molecular weight excluding hydrogens is 626 g/mol. The highest BCUT2D eigenvalue weighted by atomic mass is 79.9. The fourth-order valence-corrected chi connectivity index (χ4v) is 5.36. The van der Waals surface area contributed by atoms with Gasteiger partial charge in [-0.2, -0.15) is 5.10 Å². The lowest BCUT2D eigenvalue weighted by molar-refractivity contribution is 0.0699. The first-order valence-corrected chi connectivity index (χ1v) is 12.8. The second kappa shape index (κ2) is 10.8. The smallest absolute Gasteiger partial charge is 0.379 e. The molecule has 3 aromatic carbocycles. The van der Waals surface area contributed by atoms with Crippen molar-refractivity contribution in [3.63, 3.8) is 0 Å². The summed E-state index contributed by atoms with van der Waals surface area (Å²) in [4.78, 5) is 28.8. The first kappa shape index (κ1) is 25.0. The van der Waals surface area contributed by atoms with Crippen molar-refractivity contribution in [3.05, 3.63) is 110 Å². The van der Waals surface area contributed by atoms with Crippen molar-refractivity contribution in [1.82, 2.24) is 10.4 Å². The summed E-state index contributed by atoms with van der Waals surface area (Å²) in [6.07, 6.45) is 2.77. The second-order valence-electron chi connectivity index (χ2n) is 7.78. The summed E-state index contributed by atoms with van der Waals surface area (Å²) in [5.74, 6) is -0.874. The minimum Gasteiger partial charge on any atom is -0.457 e. The topological polar surface area (TPSA) is 96.7 Å². The number of carbonyl (C=O) groups excluding carboxylic acids is 2. The Morgan fingerprint density at radius 1 is 1.03 bits per heavy atom. The van der Waals surface area contributed by atoms with Gasteiger partial charge in [-0.05, 0) is 51.8 Å². The summed E-state index contributed by atoms with van der Waals surface area (Å²) in [6.45, 7) is 0. The molecule has 7 nitrogen and oxygen atoms in total. The number of halogens is 3. The third kappa shape index (κ3) is 5.24. The molecule has 37 heavy (non-hydrogen) atoms. The summed E-state index contributed by atoms with van der Waals surface area (Å²) >= 11 is 13.2. The maximum absolute atomic E-state index is 13.2. The normalized spacial score (nSPS) is 11.2. The SMILES string of the molecule is O=C(Oc1c(Br)cc(Br)cc1C=NNC(=O)c1[nH]c2c(Cl)cccc2c1-c1ccccc1)c1ccco1. The Labute approximate surface area is 232 Å². The first-order chi connectivity index (χ1) is 17.9. The van der Waals surface area contributed by atoms with E-state index < -0.39 is 11.9 Å². The van der Waals surface area contributed by atoms with Crippen LogP contribution in [0.2, 0.25) is 5.02 Å². The number of nitrogens with one attached hydrogen (secondary N) is 2. The highest BCUT2D eigenvalue weighted by Gasteiger charge is 2.21. The number of carbonyl (C=O) groups is 2. The molecule has 0 bridgehead atoms. The van der Waals surface area contributed by atoms with Gasteiger partial charge in [-0.3, -0.25) is 4.79 Å². The van der Waals surface area contributed by atoms with E-state index in [-0.39, 0.29) is 11.5 Å². The number of amides is 1. The number of ether oxygens (including phenoxy) is 1. The Morgan fingerprint density at radius 2 is 1.84 bits per heavy atom. The van der Waals surface area contributed by atoms with E-state index in [0.29, 0.717) is 36.3 Å². The van der Waals surface area contributed by atoms with Crippen LogP contribution in [0.25, 0.3) is 22.0 Å². The van der Waals surface area contributed by atoms with Crippen molar-refractivity contribution >= 4 is 72.5 Å². The van der Waals surface area contributed by atoms with Gasteiger partial charge in [0.1, 0.15) is 5.69 Å². The number of hydrogen-bond donors (Lipinski definition) is 2. The van der Waals surface area contributed by atoms with Crippen LogP contribution in [-0.4, -0.2) is 23.1 Å². The first-order valence-electron chi connectivity index (χ1n) is 10.9. The highest BCUT2D eigenvalue weighted by molar-refractivity contribution is 9.11. The van der Waals surface area contributed by atoms with Crippen molar-refractivity contribution in [3.8, 4) is 16.9 Å². The molecule has 10 heteroatoms. The van der Waals surface area contributed by atoms with E-state index in [4.69, 9.17) is 20.8 Å². The molecule has 0 aliphatic rings. The number of rotatable bonds is 6. The number of fused-ring (bicyclic) bond motifs is 1. The Hall–Kier alpha value is -3.66. The van der Waals surface area contributed by atoms with E-state index in [1.807, 2.05) is 42.5 Å². The molecule has 2 heterocycles. The van der Waals surface area contributed by atoms with Crippen molar-refractivity contribution < 1.29 is 18.7 Å². The van der Waals surface area contributed by atoms with Crippen LogP contribution in [0.15, 0.2) is 97.5 Å².